The summed E-state index contributed by atoms with van der Waals surface area (Å²) in [5.41, 5.74) is 0.201. The van der Waals surface area contributed by atoms with Crippen molar-refractivity contribution in [3.8, 4) is 0 Å². The third-order valence-electron chi connectivity index (χ3n) is 1.91. The molecule has 7 heteroatoms. The van der Waals surface area contributed by atoms with Crippen molar-refractivity contribution in [1.29, 1.82) is 0 Å². The van der Waals surface area contributed by atoms with Crippen LogP contribution in [0.4, 0.5) is 5.69 Å². The third kappa shape index (κ3) is 2.72. The summed E-state index contributed by atoms with van der Waals surface area (Å²) in [6, 6.07) is 2.76. The van der Waals surface area contributed by atoms with Crippen molar-refractivity contribution in [2.45, 2.75) is 18.7 Å². The van der Waals surface area contributed by atoms with Gasteiger partial charge in [0.1, 0.15) is 4.90 Å². The summed E-state index contributed by atoms with van der Waals surface area (Å²) in [4.78, 5) is 10.5. The lowest BCUT2D eigenvalue weighted by Crippen LogP contribution is -2.12. The van der Waals surface area contributed by atoms with Crippen molar-refractivity contribution in [3.63, 3.8) is 0 Å². The van der Waals surface area contributed by atoms with Gasteiger partial charge < -0.3 is 5.32 Å². The van der Waals surface area contributed by atoms with Gasteiger partial charge in [-0.3, -0.25) is 9.35 Å². The number of rotatable bonds is 2. The number of amides is 1. The molecule has 88 valence electrons. The molecule has 2 N–H and O–H groups in total. The van der Waals surface area contributed by atoms with Gasteiger partial charge in [-0.1, -0.05) is 11.6 Å². The number of benzene rings is 1. The molecule has 0 aromatic heterocycles. The maximum Gasteiger partial charge on any atom is 0.296 e. The minimum absolute atomic E-state index is 0.0110. The van der Waals surface area contributed by atoms with Crippen LogP contribution in [0.25, 0.3) is 0 Å². The van der Waals surface area contributed by atoms with Crippen molar-refractivity contribution in [2.75, 3.05) is 5.32 Å². The van der Waals surface area contributed by atoms with Crippen LogP contribution in [-0.4, -0.2) is 18.9 Å². The maximum absolute atomic E-state index is 11.2. The number of hydrogen-bond donors (Lipinski definition) is 2. The number of carbonyl (C=O) groups excluding carboxylic acids is 1. The van der Waals surface area contributed by atoms with Gasteiger partial charge in [0.05, 0.1) is 5.69 Å². The lowest BCUT2D eigenvalue weighted by molar-refractivity contribution is -0.114. The molecular formula is C9H10ClNO4S. The predicted octanol–water partition coefficient (Wildman–Crippen LogP) is 1.85. The predicted molar refractivity (Wildman–Crippen MR) is 60.3 cm³/mol. The highest BCUT2D eigenvalue weighted by atomic mass is 35.5. The van der Waals surface area contributed by atoms with Crippen molar-refractivity contribution < 1.29 is 17.8 Å². The van der Waals surface area contributed by atoms with Gasteiger partial charge in [-0.2, -0.15) is 8.42 Å². The van der Waals surface area contributed by atoms with Crippen LogP contribution < -0.4 is 5.32 Å². The lowest BCUT2D eigenvalue weighted by Gasteiger charge is -2.11. The Labute approximate surface area is 98.2 Å². The lowest BCUT2D eigenvalue weighted by atomic mass is 10.2. The van der Waals surface area contributed by atoms with E-state index in [1.807, 2.05) is 0 Å². The average Bonchev–Trinajstić information content (AvgIpc) is 2.08. The van der Waals surface area contributed by atoms with E-state index in [9.17, 15) is 13.2 Å². The molecule has 16 heavy (non-hydrogen) atoms. The molecule has 0 aliphatic carbocycles. The SMILES string of the molecule is CC(=O)Nc1ccc(Cl)c(C)c1S(=O)(=O)O. The Balaban J connectivity index is 3.52. The van der Waals surface area contributed by atoms with Gasteiger partial charge in [0.2, 0.25) is 5.91 Å². The molecule has 0 aliphatic rings. The van der Waals surface area contributed by atoms with Crippen molar-refractivity contribution in [2.24, 2.45) is 0 Å². The molecule has 5 nitrogen and oxygen atoms in total. The number of carbonyl (C=O) groups is 1. The first kappa shape index (κ1) is 13.0. The van der Waals surface area contributed by atoms with E-state index in [4.69, 9.17) is 16.2 Å². The first-order valence-corrected chi connectivity index (χ1v) is 6.09. The van der Waals surface area contributed by atoms with Gasteiger partial charge >= 0.3 is 0 Å². The Morgan fingerprint density at radius 3 is 2.44 bits per heavy atom. The van der Waals surface area contributed by atoms with Gasteiger partial charge in [-0.05, 0) is 24.6 Å². The third-order valence-corrected chi connectivity index (χ3v) is 3.36. The Morgan fingerprint density at radius 1 is 1.44 bits per heavy atom. The van der Waals surface area contributed by atoms with Gasteiger partial charge in [0, 0.05) is 11.9 Å². The van der Waals surface area contributed by atoms with E-state index >= 15 is 0 Å². The van der Waals surface area contributed by atoms with Gasteiger partial charge in [-0.25, -0.2) is 0 Å². The molecule has 0 fully saturated rings. The maximum atomic E-state index is 11.2. The molecule has 1 rings (SSSR count). The Bertz CT molecular complexity index is 539. The fourth-order valence-electron chi connectivity index (χ4n) is 1.29. The molecule has 0 aliphatic heterocycles. The van der Waals surface area contributed by atoms with Gasteiger partial charge in [-0.15, -0.1) is 0 Å². The number of nitrogens with one attached hydrogen (secondary N) is 1. The zero-order chi connectivity index (χ0) is 12.5. The standard InChI is InChI=1S/C9H10ClNO4S/c1-5-7(10)3-4-8(11-6(2)12)9(5)16(13,14)15/h3-4H,1-2H3,(H,11,12)(H,13,14,15). The molecule has 0 heterocycles. The first-order valence-electron chi connectivity index (χ1n) is 4.27. The van der Waals surface area contributed by atoms with Crippen LogP contribution in [0, 0.1) is 6.92 Å². The van der Waals surface area contributed by atoms with Crippen LogP contribution in [-0.2, 0) is 14.9 Å². The molecule has 0 radical (unpaired) electrons. The smallest absolute Gasteiger partial charge is 0.296 e. The van der Waals surface area contributed by atoms with Crippen LogP contribution in [0.5, 0.6) is 0 Å². The quantitative estimate of drug-likeness (QED) is 0.798. The van der Waals surface area contributed by atoms with E-state index in [1.54, 1.807) is 0 Å². The summed E-state index contributed by atoms with van der Waals surface area (Å²) >= 11 is 5.74. The highest BCUT2D eigenvalue weighted by Gasteiger charge is 2.20. The molecule has 1 aromatic rings. The van der Waals surface area contributed by atoms with Crippen LogP contribution in [0.2, 0.25) is 5.02 Å². The number of hydrogen-bond acceptors (Lipinski definition) is 3. The summed E-state index contributed by atoms with van der Waals surface area (Å²) in [5.74, 6) is -0.438. The molecule has 1 amide bonds. The molecule has 0 bridgehead atoms. The second kappa shape index (κ2) is 4.40. The van der Waals surface area contributed by atoms with Crippen molar-refractivity contribution in [3.05, 3.63) is 22.7 Å². The summed E-state index contributed by atoms with van der Waals surface area (Å²) in [5, 5.41) is 2.51. The minimum Gasteiger partial charge on any atom is -0.325 e. The second-order valence-corrected chi connectivity index (χ2v) is 4.97. The van der Waals surface area contributed by atoms with Crippen LogP contribution in [0.1, 0.15) is 12.5 Å². The van der Waals surface area contributed by atoms with E-state index < -0.39 is 16.0 Å². The minimum atomic E-state index is -4.43. The van der Waals surface area contributed by atoms with E-state index in [0.29, 0.717) is 0 Å². The Kier molecular flexibility index (Phi) is 3.57. The molecule has 0 saturated carbocycles. The highest BCUT2D eigenvalue weighted by Crippen LogP contribution is 2.30. The van der Waals surface area contributed by atoms with Crippen molar-refractivity contribution in [1.82, 2.24) is 0 Å². The molecule has 0 atom stereocenters. The van der Waals surface area contributed by atoms with E-state index in [1.165, 1.54) is 26.0 Å². The second-order valence-electron chi connectivity index (χ2n) is 3.21. The van der Waals surface area contributed by atoms with Crippen LogP contribution in [0.15, 0.2) is 17.0 Å². The Morgan fingerprint density at radius 2 is 2.00 bits per heavy atom. The zero-order valence-electron chi connectivity index (χ0n) is 8.61. The monoisotopic (exact) mass is 263 g/mol. The summed E-state index contributed by atoms with van der Waals surface area (Å²) in [6.07, 6.45) is 0. The fraction of sp³-hybridized carbons (Fsp3) is 0.222. The van der Waals surface area contributed by atoms with E-state index in [0.717, 1.165) is 0 Å². The fourth-order valence-corrected chi connectivity index (χ4v) is 2.40. The number of anilines is 1. The summed E-state index contributed by atoms with van der Waals surface area (Å²) < 4.78 is 31.4. The molecular weight excluding hydrogens is 254 g/mol. The largest absolute Gasteiger partial charge is 0.325 e. The summed E-state index contributed by atoms with van der Waals surface area (Å²) in [6.45, 7) is 2.68. The first-order chi connectivity index (χ1) is 7.23. The summed E-state index contributed by atoms with van der Waals surface area (Å²) in [7, 11) is -4.43. The normalized spacial score (nSPS) is 11.2. The van der Waals surface area contributed by atoms with Gasteiger partial charge in [0.25, 0.3) is 10.1 Å². The molecule has 1 aromatic carbocycles. The zero-order valence-corrected chi connectivity index (χ0v) is 10.2. The number of halogens is 1. The van der Waals surface area contributed by atoms with Crippen LogP contribution >= 0.6 is 11.6 Å². The molecule has 0 unspecified atom stereocenters. The van der Waals surface area contributed by atoms with E-state index in [-0.39, 0.29) is 21.2 Å². The van der Waals surface area contributed by atoms with Crippen LogP contribution in [0.3, 0.4) is 0 Å². The topological polar surface area (TPSA) is 83.5 Å². The van der Waals surface area contributed by atoms with Crippen molar-refractivity contribution >= 4 is 33.3 Å². The molecule has 0 spiro atoms. The highest BCUT2D eigenvalue weighted by molar-refractivity contribution is 7.86. The van der Waals surface area contributed by atoms with Gasteiger partial charge in [0.15, 0.2) is 0 Å². The Hall–Kier alpha value is -1.11. The molecule has 0 saturated heterocycles. The van der Waals surface area contributed by atoms with E-state index in [2.05, 4.69) is 5.32 Å². The average molecular weight is 264 g/mol.